The third-order valence-electron chi connectivity index (χ3n) is 4.94. The Balaban J connectivity index is 1.86. The number of halogens is 2. The molecule has 2 amide bonds. The maximum absolute atomic E-state index is 13.3. The third-order valence-corrected chi connectivity index (χ3v) is 5.42. The minimum atomic E-state index is -0.720. The van der Waals surface area contributed by atoms with Gasteiger partial charge in [0.1, 0.15) is 11.8 Å². The molecule has 0 saturated carbocycles. The molecule has 7 heteroatoms. The first kappa shape index (κ1) is 23.6. The zero-order valence-corrected chi connectivity index (χ0v) is 19.1. The van der Waals surface area contributed by atoms with Crippen LogP contribution in [0.25, 0.3) is 0 Å². The van der Waals surface area contributed by atoms with E-state index in [9.17, 15) is 9.59 Å². The van der Waals surface area contributed by atoms with Crippen LogP contribution in [0.1, 0.15) is 11.1 Å². The fraction of sp³-hybridized carbons (Fsp3) is 0.200. The second kappa shape index (κ2) is 11.6. The molecule has 32 heavy (non-hydrogen) atoms. The first-order valence-corrected chi connectivity index (χ1v) is 10.9. The van der Waals surface area contributed by atoms with Crippen LogP contribution in [0, 0.1) is 0 Å². The van der Waals surface area contributed by atoms with Gasteiger partial charge >= 0.3 is 0 Å². The molecule has 0 saturated heterocycles. The van der Waals surface area contributed by atoms with Gasteiger partial charge in [-0.05, 0) is 47.5 Å². The molecule has 0 aliphatic carbocycles. The van der Waals surface area contributed by atoms with E-state index in [4.69, 9.17) is 27.9 Å². The van der Waals surface area contributed by atoms with E-state index in [1.54, 1.807) is 43.4 Å². The summed E-state index contributed by atoms with van der Waals surface area (Å²) in [5, 5.41) is 3.82. The van der Waals surface area contributed by atoms with Gasteiger partial charge in [0.2, 0.25) is 5.91 Å². The van der Waals surface area contributed by atoms with Crippen LogP contribution in [0.3, 0.4) is 0 Å². The Labute approximate surface area is 197 Å². The molecule has 3 aromatic carbocycles. The van der Waals surface area contributed by atoms with Gasteiger partial charge in [-0.1, -0.05) is 65.7 Å². The Morgan fingerprint density at radius 1 is 0.906 bits per heavy atom. The monoisotopic (exact) mass is 470 g/mol. The summed E-state index contributed by atoms with van der Waals surface area (Å²) >= 11 is 12.1. The molecule has 1 unspecified atom stereocenters. The molecule has 166 valence electrons. The van der Waals surface area contributed by atoms with E-state index in [2.05, 4.69) is 5.32 Å². The Morgan fingerprint density at radius 3 is 2.25 bits per heavy atom. The summed E-state index contributed by atoms with van der Waals surface area (Å²) in [6.07, 6.45) is 0.369. The van der Waals surface area contributed by atoms with E-state index >= 15 is 0 Å². The molecular weight excluding hydrogens is 447 g/mol. The maximum atomic E-state index is 13.3. The zero-order chi connectivity index (χ0) is 22.9. The van der Waals surface area contributed by atoms with Crippen LogP contribution in [0.5, 0.6) is 5.75 Å². The highest BCUT2D eigenvalue weighted by molar-refractivity contribution is 6.30. The summed E-state index contributed by atoms with van der Waals surface area (Å²) in [5.74, 6) is -0.0508. The van der Waals surface area contributed by atoms with Crippen molar-refractivity contribution in [2.24, 2.45) is 0 Å². The van der Waals surface area contributed by atoms with Crippen molar-refractivity contribution in [3.8, 4) is 5.75 Å². The highest BCUT2D eigenvalue weighted by Crippen LogP contribution is 2.19. The van der Waals surface area contributed by atoms with Crippen molar-refractivity contribution in [1.29, 1.82) is 0 Å². The largest absolute Gasteiger partial charge is 0.484 e. The van der Waals surface area contributed by atoms with Crippen molar-refractivity contribution in [3.63, 3.8) is 0 Å². The molecule has 1 atom stereocenters. The smallest absolute Gasteiger partial charge is 0.261 e. The summed E-state index contributed by atoms with van der Waals surface area (Å²) in [5.41, 5.74) is 1.77. The van der Waals surface area contributed by atoms with E-state index in [1.165, 1.54) is 4.90 Å². The van der Waals surface area contributed by atoms with Gasteiger partial charge in [-0.25, -0.2) is 0 Å². The first-order valence-electron chi connectivity index (χ1n) is 10.1. The molecule has 1 N–H and O–H groups in total. The number of amides is 2. The molecule has 0 spiro atoms. The Hall–Kier alpha value is -3.02. The van der Waals surface area contributed by atoms with Crippen LogP contribution in [0.2, 0.25) is 10.0 Å². The predicted octanol–water partition coefficient (Wildman–Crippen LogP) is 4.76. The molecule has 5 nitrogen and oxygen atoms in total. The highest BCUT2D eigenvalue weighted by atomic mass is 35.5. The molecule has 0 heterocycles. The van der Waals surface area contributed by atoms with Crippen molar-refractivity contribution < 1.29 is 14.3 Å². The number of carbonyl (C=O) groups excluding carboxylic acids is 2. The predicted molar refractivity (Wildman–Crippen MR) is 127 cm³/mol. The van der Waals surface area contributed by atoms with Crippen LogP contribution < -0.4 is 10.1 Å². The van der Waals surface area contributed by atoms with Crippen LogP contribution >= 0.6 is 23.2 Å². The summed E-state index contributed by atoms with van der Waals surface area (Å²) in [6, 6.07) is 22.9. The van der Waals surface area contributed by atoms with Crippen LogP contribution in [-0.4, -0.2) is 36.4 Å². The van der Waals surface area contributed by atoms with Gasteiger partial charge in [-0.3, -0.25) is 9.59 Å². The van der Waals surface area contributed by atoms with Gasteiger partial charge in [0.15, 0.2) is 6.61 Å². The number of nitrogens with one attached hydrogen (secondary N) is 1. The Morgan fingerprint density at radius 2 is 1.59 bits per heavy atom. The third kappa shape index (κ3) is 6.74. The van der Waals surface area contributed by atoms with Gasteiger partial charge in [0.25, 0.3) is 5.91 Å². The lowest BCUT2D eigenvalue weighted by Crippen LogP contribution is -2.51. The fourth-order valence-corrected chi connectivity index (χ4v) is 3.65. The molecule has 3 rings (SSSR count). The quantitative estimate of drug-likeness (QED) is 0.490. The number of carbonyl (C=O) groups is 2. The Kier molecular flexibility index (Phi) is 8.54. The number of rotatable bonds is 9. The van der Waals surface area contributed by atoms with Crippen LogP contribution in [0.4, 0.5) is 0 Å². The second-order valence-corrected chi connectivity index (χ2v) is 8.09. The van der Waals surface area contributed by atoms with Gasteiger partial charge in [0, 0.05) is 30.1 Å². The summed E-state index contributed by atoms with van der Waals surface area (Å²) in [6.45, 7) is -0.00122. The molecule has 0 aromatic heterocycles. The lowest BCUT2D eigenvalue weighted by atomic mass is 10.0. The summed E-state index contributed by atoms with van der Waals surface area (Å²) < 4.78 is 5.67. The van der Waals surface area contributed by atoms with Crippen molar-refractivity contribution in [1.82, 2.24) is 10.2 Å². The highest BCUT2D eigenvalue weighted by Gasteiger charge is 2.30. The lowest BCUT2D eigenvalue weighted by Gasteiger charge is -2.31. The van der Waals surface area contributed by atoms with Crippen molar-refractivity contribution in [3.05, 3.63) is 100 Å². The minimum Gasteiger partial charge on any atom is -0.484 e. The number of nitrogens with zero attached hydrogens (tertiary/aromatic N) is 1. The molecule has 0 aliphatic heterocycles. The van der Waals surface area contributed by atoms with Crippen LogP contribution in [0.15, 0.2) is 78.9 Å². The van der Waals surface area contributed by atoms with Gasteiger partial charge in [-0.2, -0.15) is 0 Å². The number of hydrogen-bond acceptors (Lipinski definition) is 3. The normalized spacial score (nSPS) is 11.5. The average molecular weight is 471 g/mol. The summed E-state index contributed by atoms with van der Waals surface area (Å²) in [7, 11) is 1.56. The topological polar surface area (TPSA) is 58.6 Å². The van der Waals surface area contributed by atoms with Crippen molar-refractivity contribution >= 4 is 35.0 Å². The van der Waals surface area contributed by atoms with Gasteiger partial charge in [0.05, 0.1) is 0 Å². The number of likely N-dealkylation sites (N-methyl/N-ethyl adjacent to an activating group) is 1. The standard InChI is InChI=1S/C25H24Cl2N2O3/c1-28-25(31)23(15-18-6-3-2-4-7-18)29(16-19-8-5-9-21(27)14-19)24(30)17-32-22-12-10-20(26)11-13-22/h2-14,23H,15-17H2,1H3,(H,28,31). The SMILES string of the molecule is CNC(=O)C(Cc1ccccc1)N(Cc1cccc(Cl)c1)C(=O)COc1ccc(Cl)cc1. The maximum Gasteiger partial charge on any atom is 0.261 e. The molecule has 0 bridgehead atoms. The van der Waals surface area contributed by atoms with E-state index in [1.807, 2.05) is 42.5 Å². The Bertz CT molecular complexity index is 1040. The van der Waals surface area contributed by atoms with Crippen LogP contribution in [-0.2, 0) is 22.6 Å². The van der Waals surface area contributed by atoms with E-state index < -0.39 is 6.04 Å². The van der Waals surface area contributed by atoms with E-state index in [-0.39, 0.29) is 25.0 Å². The van der Waals surface area contributed by atoms with E-state index in [0.29, 0.717) is 22.2 Å². The average Bonchev–Trinajstić information content (AvgIpc) is 2.81. The second-order valence-electron chi connectivity index (χ2n) is 7.21. The molecular formula is C25H24Cl2N2O3. The number of ether oxygens (including phenoxy) is 1. The molecule has 0 aliphatic rings. The zero-order valence-electron chi connectivity index (χ0n) is 17.6. The number of hydrogen-bond donors (Lipinski definition) is 1. The van der Waals surface area contributed by atoms with Crippen molar-refractivity contribution in [2.75, 3.05) is 13.7 Å². The van der Waals surface area contributed by atoms with Gasteiger partial charge in [-0.15, -0.1) is 0 Å². The molecule has 0 radical (unpaired) electrons. The summed E-state index contributed by atoms with van der Waals surface area (Å²) in [4.78, 5) is 27.7. The molecule has 0 fully saturated rings. The number of benzene rings is 3. The van der Waals surface area contributed by atoms with E-state index in [0.717, 1.165) is 11.1 Å². The van der Waals surface area contributed by atoms with Crippen molar-refractivity contribution in [2.45, 2.75) is 19.0 Å². The minimum absolute atomic E-state index is 0.217. The fourth-order valence-electron chi connectivity index (χ4n) is 3.31. The lowest BCUT2D eigenvalue weighted by molar-refractivity contribution is -0.142. The van der Waals surface area contributed by atoms with Gasteiger partial charge < -0.3 is 15.0 Å². The first-order chi connectivity index (χ1) is 15.5. The molecule has 3 aromatic rings.